The molecule has 0 heterocycles. The number of anilines is 2. The lowest BCUT2D eigenvalue weighted by molar-refractivity contribution is 0.244. The highest BCUT2D eigenvalue weighted by atomic mass is 16.5. The van der Waals surface area contributed by atoms with E-state index in [0.29, 0.717) is 5.69 Å². The number of nitrogens with two attached hydrogens (primary N) is 1. The van der Waals surface area contributed by atoms with Crippen LogP contribution in [0.5, 0.6) is 5.75 Å². The fraction of sp³-hybridized carbons (Fsp3) is 0.600. The van der Waals surface area contributed by atoms with Gasteiger partial charge in [0.15, 0.2) is 0 Å². The zero-order valence-electron chi connectivity index (χ0n) is 11.4. The molecule has 2 rings (SSSR count). The Kier molecular flexibility index (Phi) is 4.34. The van der Waals surface area contributed by atoms with Gasteiger partial charge < -0.3 is 15.8 Å². The molecule has 1 aliphatic carbocycles. The summed E-state index contributed by atoms with van der Waals surface area (Å²) >= 11 is 0. The summed E-state index contributed by atoms with van der Waals surface area (Å²) in [5, 5.41) is 3.45. The smallest absolute Gasteiger partial charge is 0.144 e. The average Bonchev–Trinajstić information content (AvgIpc) is 2.25. The summed E-state index contributed by atoms with van der Waals surface area (Å²) in [6, 6.07) is 5.92. The van der Waals surface area contributed by atoms with E-state index in [1.807, 2.05) is 32.0 Å². The molecule has 1 fully saturated rings. The van der Waals surface area contributed by atoms with Gasteiger partial charge >= 0.3 is 0 Å². The van der Waals surface area contributed by atoms with Crippen LogP contribution in [0.3, 0.4) is 0 Å². The van der Waals surface area contributed by atoms with Crippen molar-refractivity contribution in [3.8, 4) is 5.75 Å². The summed E-state index contributed by atoms with van der Waals surface area (Å²) in [5.74, 6) is 1.72. The monoisotopic (exact) mass is 248 g/mol. The lowest BCUT2D eigenvalue weighted by Gasteiger charge is -2.25. The molecule has 0 aromatic heterocycles. The second-order valence-corrected chi connectivity index (χ2v) is 5.43. The Morgan fingerprint density at radius 1 is 1.39 bits per heavy atom. The largest absolute Gasteiger partial charge is 0.489 e. The molecule has 100 valence electrons. The van der Waals surface area contributed by atoms with Crippen molar-refractivity contribution in [1.29, 1.82) is 0 Å². The summed E-state index contributed by atoms with van der Waals surface area (Å²) in [5.41, 5.74) is 7.69. The van der Waals surface area contributed by atoms with Crippen LogP contribution in [0.25, 0.3) is 0 Å². The highest BCUT2D eigenvalue weighted by Gasteiger charge is 2.16. The van der Waals surface area contributed by atoms with Crippen LogP contribution in [-0.2, 0) is 0 Å². The van der Waals surface area contributed by atoms with Gasteiger partial charge in [-0.3, -0.25) is 0 Å². The minimum absolute atomic E-state index is 0.150. The molecule has 0 radical (unpaired) electrons. The summed E-state index contributed by atoms with van der Waals surface area (Å²) in [6.45, 7) is 5.06. The predicted molar refractivity (Wildman–Crippen MR) is 77.1 cm³/mol. The van der Waals surface area contributed by atoms with Gasteiger partial charge in [-0.25, -0.2) is 0 Å². The van der Waals surface area contributed by atoms with Crippen LogP contribution in [0.4, 0.5) is 11.4 Å². The number of ether oxygens (including phenoxy) is 1. The minimum Gasteiger partial charge on any atom is -0.489 e. The summed E-state index contributed by atoms with van der Waals surface area (Å²) in [7, 11) is 0. The van der Waals surface area contributed by atoms with Crippen molar-refractivity contribution in [3.05, 3.63) is 18.2 Å². The molecule has 1 saturated carbocycles. The molecule has 3 heteroatoms. The number of nitrogen functional groups attached to an aromatic ring is 1. The third-order valence-corrected chi connectivity index (χ3v) is 3.48. The van der Waals surface area contributed by atoms with Gasteiger partial charge in [-0.15, -0.1) is 0 Å². The first kappa shape index (κ1) is 13.1. The van der Waals surface area contributed by atoms with E-state index in [1.165, 1.54) is 25.7 Å². The molecule has 1 aromatic rings. The fourth-order valence-corrected chi connectivity index (χ4v) is 2.20. The first-order chi connectivity index (χ1) is 8.65. The number of hydrogen-bond acceptors (Lipinski definition) is 3. The summed E-state index contributed by atoms with van der Waals surface area (Å²) < 4.78 is 5.68. The van der Waals surface area contributed by atoms with Crippen molar-refractivity contribution in [1.82, 2.24) is 0 Å². The van der Waals surface area contributed by atoms with E-state index in [4.69, 9.17) is 10.5 Å². The van der Waals surface area contributed by atoms with E-state index in [2.05, 4.69) is 5.32 Å². The van der Waals surface area contributed by atoms with Gasteiger partial charge in [0.1, 0.15) is 5.75 Å². The SMILES string of the molecule is CC(C)Oc1cc(NCCC2CCC2)ccc1N. The minimum atomic E-state index is 0.150. The Morgan fingerprint density at radius 3 is 2.78 bits per heavy atom. The molecule has 0 saturated heterocycles. The lowest BCUT2D eigenvalue weighted by atomic mass is 9.83. The quantitative estimate of drug-likeness (QED) is 0.755. The van der Waals surface area contributed by atoms with E-state index >= 15 is 0 Å². The van der Waals surface area contributed by atoms with Gasteiger partial charge in [-0.05, 0) is 38.3 Å². The summed E-state index contributed by atoms with van der Waals surface area (Å²) in [6.07, 6.45) is 5.65. The molecule has 0 aliphatic heterocycles. The van der Waals surface area contributed by atoms with Crippen LogP contribution in [0.1, 0.15) is 39.5 Å². The van der Waals surface area contributed by atoms with E-state index in [9.17, 15) is 0 Å². The Hall–Kier alpha value is -1.38. The van der Waals surface area contributed by atoms with Crippen molar-refractivity contribution in [3.63, 3.8) is 0 Å². The van der Waals surface area contributed by atoms with Gasteiger partial charge in [0.05, 0.1) is 11.8 Å². The van der Waals surface area contributed by atoms with Crippen LogP contribution >= 0.6 is 0 Å². The van der Waals surface area contributed by atoms with Crippen molar-refractivity contribution in [2.75, 3.05) is 17.6 Å². The molecule has 18 heavy (non-hydrogen) atoms. The van der Waals surface area contributed by atoms with Gasteiger partial charge in [0.2, 0.25) is 0 Å². The van der Waals surface area contributed by atoms with Crippen LogP contribution in [0, 0.1) is 5.92 Å². The highest BCUT2D eigenvalue weighted by Crippen LogP contribution is 2.30. The molecule has 3 N–H and O–H groups in total. The number of nitrogens with one attached hydrogen (secondary N) is 1. The molecule has 0 bridgehead atoms. The zero-order valence-corrected chi connectivity index (χ0v) is 11.4. The van der Waals surface area contributed by atoms with E-state index in [1.54, 1.807) is 0 Å². The molecular formula is C15H24N2O. The van der Waals surface area contributed by atoms with Crippen molar-refractivity contribution < 1.29 is 4.74 Å². The van der Waals surface area contributed by atoms with Crippen LogP contribution in [-0.4, -0.2) is 12.6 Å². The first-order valence-corrected chi connectivity index (χ1v) is 6.95. The molecule has 0 amide bonds. The maximum absolute atomic E-state index is 5.89. The van der Waals surface area contributed by atoms with Gasteiger partial charge in [0.25, 0.3) is 0 Å². The molecule has 0 atom stereocenters. The number of rotatable bonds is 6. The summed E-state index contributed by atoms with van der Waals surface area (Å²) in [4.78, 5) is 0. The van der Waals surface area contributed by atoms with Crippen molar-refractivity contribution in [2.45, 2.75) is 45.6 Å². The van der Waals surface area contributed by atoms with E-state index < -0.39 is 0 Å². The Morgan fingerprint density at radius 2 is 2.17 bits per heavy atom. The second kappa shape index (κ2) is 5.98. The molecule has 3 nitrogen and oxygen atoms in total. The topological polar surface area (TPSA) is 47.3 Å². The van der Waals surface area contributed by atoms with E-state index in [-0.39, 0.29) is 6.10 Å². The Labute approximate surface area is 110 Å². The molecule has 1 aliphatic rings. The van der Waals surface area contributed by atoms with Crippen LogP contribution < -0.4 is 15.8 Å². The molecule has 1 aromatic carbocycles. The van der Waals surface area contributed by atoms with Gasteiger partial charge in [-0.1, -0.05) is 19.3 Å². The maximum Gasteiger partial charge on any atom is 0.144 e. The maximum atomic E-state index is 5.89. The van der Waals surface area contributed by atoms with Crippen LogP contribution in [0.2, 0.25) is 0 Å². The third-order valence-electron chi connectivity index (χ3n) is 3.48. The van der Waals surface area contributed by atoms with Crippen molar-refractivity contribution in [2.24, 2.45) is 5.92 Å². The normalized spacial score (nSPS) is 15.5. The van der Waals surface area contributed by atoms with Crippen LogP contribution in [0.15, 0.2) is 18.2 Å². The fourth-order valence-electron chi connectivity index (χ4n) is 2.20. The van der Waals surface area contributed by atoms with E-state index in [0.717, 1.165) is 23.9 Å². The number of benzene rings is 1. The number of hydrogen-bond donors (Lipinski definition) is 2. The molecular weight excluding hydrogens is 224 g/mol. The average molecular weight is 248 g/mol. The standard InChI is InChI=1S/C15H24N2O/c1-11(2)18-15-10-13(6-7-14(15)16)17-9-8-12-4-3-5-12/h6-7,10-12,17H,3-5,8-9,16H2,1-2H3. The lowest BCUT2D eigenvalue weighted by Crippen LogP contribution is -2.15. The Bertz CT molecular complexity index is 386. The third kappa shape index (κ3) is 3.56. The van der Waals surface area contributed by atoms with Gasteiger partial charge in [0, 0.05) is 18.3 Å². The predicted octanol–water partition coefficient (Wildman–Crippen LogP) is 3.66. The molecule has 0 spiro atoms. The van der Waals surface area contributed by atoms with Crippen molar-refractivity contribution >= 4 is 11.4 Å². The van der Waals surface area contributed by atoms with Gasteiger partial charge in [-0.2, -0.15) is 0 Å². The Balaban J connectivity index is 1.87. The highest BCUT2D eigenvalue weighted by molar-refractivity contribution is 5.61. The zero-order chi connectivity index (χ0) is 13.0. The second-order valence-electron chi connectivity index (χ2n) is 5.43. The molecule has 0 unspecified atom stereocenters. The first-order valence-electron chi connectivity index (χ1n) is 6.95.